The molecule has 0 bridgehead atoms. The van der Waals surface area contributed by atoms with Crippen LogP contribution in [0.15, 0.2) is 12.4 Å². The molecule has 0 aliphatic carbocycles. The lowest BCUT2D eigenvalue weighted by Crippen LogP contribution is -2.10. The van der Waals surface area contributed by atoms with Crippen molar-refractivity contribution < 1.29 is 0 Å². The molecule has 8 nitrogen and oxygen atoms in total. The van der Waals surface area contributed by atoms with Crippen molar-refractivity contribution in [1.82, 2.24) is 30.2 Å². The molecule has 0 saturated carbocycles. The lowest BCUT2D eigenvalue weighted by atomic mass is 10.8. The van der Waals surface area contributed by atoms with Crippen LogP contribution in [0.2, 0.25) is 0 Å². The fraction of sp³-hybridized carbons (Fsp3) is 0. The number of nitrogens with zero attached hydrogens (tertiary/aromatic N) is 6. The molecule has 2 rings (SSSR count). The molecule has 2 aromatic heterocycles. The van der Waals surface area contributed by atoms with E-state index >= 15 is 0 Å². The SMILES string of the molecule is Nc1cn(-n2cc(N)nn2)nn1. The number of nitrogens with two attached hydrogens (primary N) is 2. The van der Waals surface area contributed by atoms with Crippen LogP contribution in [0, 0.1) is 0 Å². The number of aromatic nitrogens is 6. The molecule has 0 aromatic carbocycles. The van der Waals surface area contributed by atoms with Gasteiger partial charge in [0.1, 0.15) is 0 Å². The number of anilines is 2. The Labute approximate surface area is 66.7 Å². The van der Waals surface area contributed by atoms with Crippen molar-refractivity contribution in [1.29, 1.82) is 0 Å². The van der Waals surface area contributed by atoms with Gasteiger partial charge in [0.2, 0.25) is 0 Å². The number of hydrogen-bond donors (Lipinski definition) is 2. The van der Waals surface area contributed by atoms with Gasteiger partial charge in [-0.05, 0) is 10.4 Å². The summed E-state index contributed by atoms with van der Waals surface area (Å²) in [6.45, 7) is 0. The molecule has 0 saturated heterocycles. The predicted molar refractivity (Wildman–Crippen MR) is 39.7 cm³/mol. The van der Waals surface area contributed by atoms with E-state index in [4.69, 9.17) is 11.5 Å². The first-order chi connectivity index (χ1) is 5.75. The Morgan fingerprint density at radius 1 is 0.917 bits per heavy atom. The van der Waals surface area contributed by atoms with E-state index in [1.165, 1.54) is 22.0 Å². The minimum atomic E-state index is 0.309. The number of rotatable bonds is 1. The molecule has 4 N–H and O–H groups in total. The van der Waals surface area contributed by atoms with Crippen LogP contribution >= 0.6 is 0 Å². The lowest BCUT2D eigenvalue weighted by molar-refractivity contribution is 0.475. The highest BCUT2D eigenvalue weighted by atomic mass is 15.7. The number of hydrogen-bond acceptors (Lipinski definition) is 6. The van der Waals surface area contributed by atoms with Gasteiger partial charge < -0.3 is 11.5 Å². The molecule has 0 spiro atoms. The molecule has 0 fully saturated rings. The highest BCUT2D eigenvalue weighted by Crippen LogP contribution is 1.95. The Balaban J connectivity index is 2.43. The maximum Gasteiger partial charge on any atom is 0.168 e. The molecular weight excluding hydrogens is 160 g/mol. The molecule has 8 heteroatoms. The van der Waals surface area contributed by atoms with Crippen molar-refractivity contribution in [3.05, 3.63) is 12.4 Å². The van der Waals surface area contributed by atoms with Crippen molar-refractivity contribution in [3.63, 3.8) is 0 Å². The molecule has 2 heterocycles. The lowest BCUT2D eigenvalue weighted by Gasteiger charge is -1.93. The average molecular weight is 166 g/mol. The minimum absolute atomic E-state index is 0.309. The summed E-state index contributed by atoms with van der Waals surface area (Å²) in [5.41, 5.74) is 10.7. The first kappa shape index (κ1) is 6.58. The largest absolute Gasteiger partial charge is 0.381 e. The summed E-state index contributed by atoms with van der Waals surface area (Å²) in [5.74, 6) is 0.619. The maximum atomic E-state index is 5.34. The first-order valence-corrected chi connectivity index (χ1v) is 3.12. The van der Waals surface area contributed by atoms with Crippen LogP contribution < -0.4 is 11.5 Å². The van der Waals surface area contributed by atoms with Gasteiger partial charge in [0.15, 0.2) is 11.6 Å². The number of nitrogen functional groups attached to an aromatic ring is 2. The molecule has 0 aliphatic rings. The first-order valence-electron chi connectivity index (χ1n) is 3.12. The van der Waals surface area contributed by atoms with Crippen LogP contribution in [0.1, 0.15) is 0 Å². The highest BCUT2D eigenvalue weighted by molar-refractivity contribution is 5.22. The van der Waals surface area contributed by atoms with Gasteiger partial charge in [0, 0.05) is 0 Å². The zero-order valence-electron chi connectivity index (χ0n) is 5.99. The highest BCUT2D eigenvalue weighted by Gasteiger charge is 1.99. The van der Waals surface area contributed by atoms with Gasteiger partial charge in [-0.25, -0.2) is 0 Å². The standard InChI is InChI=1S/C4H6N8/c5-3-1-11(9-7-3)12-2-4(6)8-10-12/h1-2H,5-6H2. The summed E-state index contributed by atoms with van der Waals surface area (Å²) in [5, 5.41) is 14.4. The summed E-state index contributed by atoms with van der Waals surface area (Å²) in [6.07, 6.45) is 2.99. The van der Waals surface area contributed by atoms with E-state index in [1.54, 1.807) is 0 Å². The Morgan fingerprint density at radius 3 is 1.58 bits per heavy atom. The molecule has 2 aromatic rings. The van der Waals surface area contributed by atoms with E-state index < -0.39 is 0 Å². The summed E-state index contributed by atoms with van der Waals surface area (Å²) in [7, 11) is 0. The predicted octanol–water partition coefficient (Wildman–Crippen LogP) is -1.65. The van der Waals surface area contributed by atoms with Gasteiger partial charge in [0.25, 0.3) is 0 Å². The van der Waals surface area contributed by atoms with Gasteiger partial charge in [-0.3, -0.25) is 0 Å². The van der Waals surface area contributed by atoms with E-state index in [1.807, 2.05) is 0 Å². The topological polar surface area (TPSA) is 113 Å². The van der Waals surface area contributed by atoms with Crippen LogP contribution in [0.4, 0.5) is 11.6 Å². The van der Waals surface area contributed by atoms with Crippen LogP contribution in [-0.2, 0) is 0 Å². The van der Waals surface area contributed by atoms with Crippen molar-refractivity contribution in [2.75, 3.05) is 11.5 Å². The second-order valence-electron chi connectivity index (χ2n) is 2.13. The zero-order chi connectivity index (χ0) is 8.55. The third-order valence-electron chi connectivity index (χ3n) is 1.21. The fourth-order valence-electron chi connectivity index (χ4n) is 0.735. The van der Waals surface area contributed by atoms with E-state index in [2.05, 4.69) is 20.6 Å². The van der Waals surface area contributed by atoms with E-state index in [0.717, 1.165) is 0 Å². The molecular formula is C4H6N8. The quantitative estimate of drug-likeness (QED) is 0.524. The van der Waals surface area contributed by atoms with Crippen LogP contribution in [0.3, 0.4) is 0 Å². The summed E-state index contributed by atoms with van der Waals surface area (Å²) < 4.78 is 0. The maximum absolute atomic E-state index is 5.34. The summed E-state index contributed by atoms with van der Waals surface area (Å²) >= 11 is 0. The Bertz CT molecular complexity index is 347. The van der Waals surface area contributed by atoms with Gasteiger partial charge in [-0.1, -0.05) is 0 Å². The molecule has 0 radical (unpaired) electrons. The third kappa shape index (κ3) is 0.944. The molecule has 0 atom stereocenters. The van der Waals surface area contributed by atoms with Gasteiger partial charge in [0.05, 0.1) is 12.4 Å². The van der Waals surface area contributed by atoms with Gasteiger partial charge in [-0.2, -0.15) is 0 Å². The second-order valence-corrected chi connectivity index (χ2v) is 2.13. The molecule has 0 unspecified atom stereocenters. The van der Waals surface area contributed by atoms with Crippen molar-refractivity contribution in [3.8, 4) is 0 Å². The average Bonchev–Trinajstić information content (AvgIpc) is 2.58. The van der Waals surface area contributed by atoms with Crippen LogP contribution in [-0.4, -0.2) is 30.2 Å². The molecule has 0 amide bonds. The van der Waals surface area contributed by atoms with Gasteiger partial charge in [-0.15, -0.1) is 19.8 Å². The third-order valence-corrected chi connectivity index (χ3v) is 1.21. The molecule has 0 aliphatic heterocycles. The summed E-state index contributed by atoms with van der Waals surface area (Å²) in [6, 6.07) is 0. The van der Waals surface area contributed by atoms with Crippen LogP contribution in [0.5, 0.6) is 0 Å². The van der Waals surface area contributed by atoms with Crippen molar-refractivity contribution >= 4 is 11.6 Å². The van der Waals surface area contributed by atoms with Crippen molar-refractivity contribution in [2.45, 2.75) is 0 Å². The smallest absolute Gasteiger partial charge is 0.168 e. The van der Waals surface area contributed by atoms with Gasteiger partial charge >= 0.3 is 0 Å². The van der Waals surface area contributed by atoms with E-state index in [-0.39, 0.29) is 0 Å². The Kier molecular flexibility index (Phi) is 1.20. The molecule has 12 heavy (non-hydrogen) atoms. The van der Waals surface area contributed by atoms with E-state index in [9.17, 15) is 0 Å². The van der Waals surface area contributed by atoms with Crippen LogP contribution in [0.25, 0.3) is 0 Å². The second kappa shape index (κ2) is 2.19. The normalized spacial score (nSPS) is 10.3. The van der Waals surface area contributed by atoms with E-state index in [0.29, 0.717) is 11.6 Å². The molecule has 62 valence electrons. The van der Waals surface area contributed by atoms with Crippen molar-refractivity contribution in [2.24, 2.45) is 0 Å². The fourth-order valence-corrected chi connectivity index (χ4v) is 0.735. The Hall–Kier alpha value is -2.12. The monoisotopic (exact) mass is 166 g/mol. The Morgan fingerprint density at radius 2 is 1.33 bits per heavy atom. The minimum Gasteiger partial charge on any atom is -0.381 e. The summed E-state index contributed by atoms with van der Waals surface area (Å²) in [4.78, 5) is 2.64. The zero-order valence-corrected chi connectivity index (χ0v) is 5.99.